The van der Waals surface area contributed by atoms with Crippen LogP contribution in [0.2, 0.25) is 0 Å². The Bertz CT molecular complexity index is 295. The molecule has 2 N–H and O–H groups in total. The highest BCUT2D eigenvalue weighted by molar-refractivity contribution is 7.80. The van der Waals surface area contributed by atoms with Crippen molar-refractivity contribution >= 4 is 23.1 Å². The Kier molecular flexibility index (Phi) is 7.31. The Morgan fingerprint density at radius 1 is 1.16 bits per heavy atom. The summed E-state index contributed by atoms with van der Waals surface area (Å²) in [4.78, 5) is 17.2. The van der Waals surface area contributed by atoms with E-state index in [0.717, 1.165) is 51.9 Å². The number of rotatable bonds is 7. The molecule has 1 aliphatic rings. The molecule has 5 heteroatoms. The van der Waals surface area contributed by atoms with Gasteiger partial charge in [0.05, 0.1) is 4.99 Å². The van der Waals surface area contributed by atoms with Gasteiger partial charge in [-0.15, -0.1) is 0 Å². The van der Waals surface area contributed by atoms with Crippen LogP contribution < -0.4 is 5.73 Å². The van der Waals surface area contributed by atoms with Gasteiger partial charge in [0.25, 0.3) is 0 Å². The van der Waals surface area contributed by atoms with E-state index in [1.165, 1.54) is 0 Å². The lowest BCUT2D eigenvalue weighted by atomic mass is 9.96. The van der Waals surface area contributed by atoms with Crippen LogP contribution in [0, 0.1) is 5.92 Å². The zero-order valence-corrected chi connectivity index (χ0v) is 13.0. The number of thiocarbonyl (C=S) groups is 1. The molecule has 0 radical (unpaired) electrons. The van der Waals surface area contributed by atoms with E-state index in [-0.39, 0.29) is 5.92 Å². The second kappa shape index (κ2) is 8.48. The average molecular weight is 285 g/mol. The second-order valence-electron chi connectivity index (χ2n) is 5.34. The fourth-order valence-corrected chi connectivity index (χ4v) is 2.88. The molecule has 1 fully saturated rings. The van der Waals surface area contributed by atoms with Crippen molar-refractivity contribution in [3.8, 4) is 0 Å². The van der Waals surface area contributed by atoms with Gasteiger partial charge in [-0.2, -0.15) is 0 Å². The first kappa shape index (κ1) is 16.4. The van der Waals surface area contributed by atoms with Crippen molar-refractivity contribution in [1.29, 1.82) is 0 Å². The van der Waals surface area contributed by atoms with Gasteiger partial charge in [0, 0.05) is 38.6 Å². The molecule has 0 bridgehead atoms. The van der Waals surface area contributed by atoms with E-state index in [2.05, 4.69) is 18.7 Å². The molecule has 0 spiro atoms. The van der Waals surface area contributed by atoms with Crippen LogP contribution in [0.25, 0.3) is 0 Å². The third-order valence-corrected chi connectivity index (χ3v) is 3.82. The SMILES string of the molecule is CCCC(CCC)C(=O)N1CCN(CC(N)=S)CC1. The topological polar surface area (TPSA) is 49.6 Å². The molecule has 1 rings (SSSR count). The Morgan fingerprint density at radius 3 is 2.11 bits per heavy atom. The van der Waals surface area contributed by atoms with E-state index in [9.17, 15) is 4.79 Å². The third-order valence-electron chi connectivity index (χ3n) is 3.69. The van der Waals surface area contributed by atoms with E-state index in [1.54, 1.807) is 0 Å². The van der Waals surface area contributed by atoms with Crippen molar-refractivity contribution in [2.45, 2.75) is 39.5 Å². The number of nitrogens with zero attached hydrogens (tertiary/aromatic N) is 2. The maximum absolute atomic E-state index is 12.5. The first-order valence-electron chi connectivity index (χ1n) is 7.37. The summed E-state index contributed by atoms with van der Waals surface area (Å²) in [5.74, 6) is 0.566. The van der Waals surface area contributed by atoms with Gasteiger partial charge in [-0.1, -0.05) is 38.9 Å². The van der Waals surface area contributed by atoms with E-state index >= 15 is 0 Å². The molecule has 0 atom stereocenters. The minimum absolute atomic E-state index is 0.220. The number of carbonyl (C=O) groups excluding carboxylic acids is 1. The third kappa shape index (κ3) is 5.45. The molecule has 0 aromatic rings. The second-order valence-corrected chi connectivity index (χ2v) is 5.87. The molecule has 0 aromatic carbocycles. The molecule has 19 heavy (non-hydrogen) atoms. The number of carbonyl (C=O) groups is 1. The van der Waals surface area contributed by atoms with Crippen LogP contribution in [0.4, 0.5) is 0 Å². The molecule has 110 valence electrons. The minimum atomic E-state index is 0.220. The van der Waals surface area contributed by atoms with Gasteiger partial charge in [0.1, 0.15) is 0 Å². The van der Waals surface area contributed by atoms with Crippen molar-refractivity contribution < 1.29 is 4.79 Å². The maximum Gasteiger partial charge on any atom is 0.225 e. The van der Waals surface area contributed by atoms with Gasteiger partial charge in [-0.25, -0.2) is 0 Å². The number of nitrogens with two attached hydrogens (primary N) is 1. The van der Waals surface area contributed by atoms with Crippen LogP contribution in [-0.2, 0) is 4.79 Å². The number of hydrogen-bond donors (Lipinski definition) is 1. The van der Waals surface area contributed by atoms with Crippen LogP contribution in [0.3, 0.4) is 0 Å². The van der Waals surface area contributed by atoms with Crippen LogP contribution in [-0.4, -0.2) is 53.4 Å². The smallest absolute Gasteiger partial charge is 0.225 e. The van der Waals surface area contributed by atoms with Crippen molar-refractivity contribution in [3.05, 3.63) is 0 Å². The van der Waals surface area contributed by atoms with Crippen molar-refractivity contribution in [2.24, 2.45) is 11.7 Å². The van der Waals surface area contributed by atoms with Crippen LogP contribution in [0.5, 0.6) is 0 Å². The van der Waals surface area contributed by atoms with E-state index in [4.69, 9.17) is 18.0 Å². The van der Waals surface area contributed by atoms with Gasteiger partial charge in [0.15, 0.2) is 0 Å². The number of piperazine rings is 1. The average Bonchev–Trinajstić information content (AvgIpc) is 2.38. The molecule has 0 unspecified atom stereocenters. The highest BCUT2D eigenvalue weighted by atomic mass is 32.1. The zero-order chi connectivity index (χ0) is 14.3. The summed E-state index contributed by atoms with van der Waals surface area (Å²) < 4.78 is 0. The van der Waals surface area contributed by atoms with E-state index < -0.39 is 0 Å². The first-order chi connectivity index (χ1) is 9.08. The van der Waals surface area contributed by atoms with Crippen LogP contribution >= 0.6 is 12.2 Å². The van der Waals surface area contributed by atoms with Crippen molar-refractivity contribution in [3.63, 3.8) is 0 Å². The van der Waals surface area contributed by atoms with E-state index in [1.807, 2.05) is 4.90 Å². The number of amides is 1. The van der Waals surface area contributed by atoms with E-state index in [0.29, 0.717) is 17.4 Å². The predicted molar refractivity (Wildman–Crippen MR) is 83.1 cm³/mol. The highest BCUT2D eigenvalue weighted by Crippen LogP contribution is 2.17. The largest absolute Gasteiger partial charge is 0.392 e. The Hall–Kier alpha value is -0.680. The van der Waals surface area contributed by atoms with Gasteiger partial charge >= 0.3 is 0 Å². The summed E-state index contributed by atoms with van der Waals surface area (Å²) in [6.45, 7) is 8.36. The minimum Gasteiger partial charge on any atom is -0.392 e. The lowest BCUT2D eigenvalue weighted by Crippen LogP contribution is -2.51. The molecule has 1 saturated heterocycles. The quantitative estimate of drug-likeness (QED) is 0.722. The molecule has 0 aromatic heterocycles. The van der Waals surface area contributed by atoms with Gasteiger partial charge in [0.2, 0.25) is 5.91 Å². The molecular formula is C14H27N3OS. The summed E-state index contributed by atoms with van der Waals surface area (Å²) in [5, 5.41) is 0. The number of hydrogen-bond acceptors (Lipinski definition) is 3. The van der Waals surface area contributed by atoms with Gasteiger partial charge in [-0.05, 0) is 12.8 Å². The molecule has 1 amide bonds. The van der Waals surface area contributed by atoms with Crippen molar-refractivity contribution in [2.75, 3.05) is 32.7 Å². The maximum atomic E-state index is 12.5. The van der Waals surface area contributed by atoms with Gasteiger partial charge < -0.3 is 10.6 Å². The highest BCUT2D eigenvalue weighted by Gasteiger charge is 2.26. The monoisotopic (exact) mass is 285 g/mol. The Balaban J connectivity index is 2.44. The lowest BCUT2D eigenvalue weighted by Gasteiger charge is -2.36. The molecule has 1 aliphatic heterocycles. The Labute approximate surface area is 122 Å². The summed E-state index contributed by atoms with van der Waals surface area (Å²) in [7, 11) is 0. The summed E-state index contributed by atoms with van der Waals surface area (Å²) in [6, 6.07) is 0. The molecule has 1 heterocycles. The summed E-state index contributed by atoms with van der Waals surface area (Å²) >= 11 is 4.92. The molecular weight excluding hydrogens is 258 g/mol. The van der Waals surface area contributed by atoms with Crippen LogP contribution in [0.15, 0.2) is 0 Å². The first-order valence-corrected chi connectivity index (χ1v) is 7.78. The lowest BCUT2D eigenvalue weighted by molar-refractivity contribution is -0.137. The molecule has 4 nitrogen and oxygen atoms in total. The summed E-state index contributed by atoms with van der Waals surface area (Å²) in [5.41, 5.74) is 5.55. The standard InChI is InChI=1S/C14H27N3OS/c1-3-5-12(6-4-2)14(18)17-9-7-16(8-10-17)11-13(15)19/h12H,3-11H2,1-2H3,(H2,15,19). The molecule has 0 saturated carbocycles. The normalized spacial score (nSPS) is 16.9. The zero-order valence-electron chi connectivity index (χ0n) is 12.2. The Morgan fingerprint density at radius 2 is 1.68 bits per heavy atom. The fourth-order valence-electron chi connectivity index (χ4n) is 2.69. The molecule has 0 aliphatic carbocycles. The van der Waals surface area contributed by atoms with Crippen LogP contribution in [0.1, 0.15) is 39.5 Å². The van der Waals surface area contributed by atoms with Crippen molar-refractivity contribution in [1.82, 2.24) is 9.80 Å². The predicted octanol–water partition coefficient (Wildman–Crippen LogP) is 1.63. The summed E-state index contributed by atoms with van der Waals surface area (Å²) in [6.07, 6.45) is 4.19. The fraction of sp³-hybridized carbons (Fsp3) is 0.857. The van der Waals surface area contributed by atoms with Gasteiger partial charge in [-0.3, -0.25) is 9.69 Å².